The summed E-state index contributed by atoms with van der Waals surface area (Å²) in [4.78, 5) is 42.7. The second-order valence-electron chi connectivity index (χ2n) is 8.26. The number of hydrogen-bond donors (Lipinski definition) is 3. The number of anilines is 1. The summed E-state index contributed by atoms with van der Waals surface area (Å²) < 4.78 is 15.1. The molecular formula is C21H23ClFN5O4. The van der Waals surface area contributed by atoms with E-state index in [1.807, 2.05) is 0 Å². The maximum Gasteiger partial charge on any atom is 0.270 e. The van der Waals surface area contributed by atoms with E-state index in [2.05, 4.69) is 10.3 Å². The van der Waals surface area contributed by atoms with Crippen molar-refractivity contribution in [2.75, 3.05) is 11.9 Å². The number of carbonyl (C=O) groups excluding carboxylic acids is 3. The number of aliphatic hydroxyl groups is 1. The van der Waals surface area contributed by atoms with Crippen LogP contribution in [0.5, 0.6) is 0 Å². The summed E-state index contributed by atoms with van der Waals surface area (Å²) in [5.41, 5.74) is 4.84. The minimum absolute atomic E-state index is 0.0516. The molecule has 2 aliphatic rings. The summed E-state index contributed by atoms with van der Waals surface area (Å²) in [7, 11) is 1.45. The molecule has 1 aromatic carbocycles. The molecule has 3 amide bonds. The number of amides is 3. The van der Waals surface area contributed by atoms with E-state index in [0.717, 1.165) is 6.07 Å². The van der Waals surface area contributed by atoms with Crippen LogP contribution in [0.1, 0.15) is 59.1 Å². The zero-order valence-corrected chi connectivity index (χ0v) is 18.1. The Bertz CT molecular complexity index is 1100. The molecule has 0 radical (unpaired) electrons. The summed E-state index contributed by atoms with van der Waals surface area (Å²) in [5, 5.41) is 13.2. The van der Waals surface area contributed by atoms with Gasteiger partial charge in [-0.15, -0.1) is 0 Å². The highest BCUT2D eigenvalue weighted by Crippen LogP contribution is 2.51. The van der Waals surface area contributed by atoms with Gasteiger partial charge in [0.15, 0.2) is 5.69 Å². The fourth-order valence-corrected chi connectivity index (χ4v) is 5.14. The van der Waals surface area contributed by atoms with Crippen molar-refractivity contribution in [3.05, 3.63) is 46.8 Å². The van der Waals surface area contributed by atoms with E-state index in [1.165, 1.54) is 30.4 Å². The number of nitrogens with one attached hydrogen (secondary N) is 1. The van der Waals surface area contributed by atoms with Crippen LogP contribution in [-0.4, -0.2) is 45.7 Å². The van der Waals surface area contributed by atoms with Gasteiger partial charge < -0.3 is 20.7 Å². The molecule has 2 aromatic rings. The molecule has 0 bridgehead atoms. The van der Waals surface area contributed by atoms with Gasteiger partial charge in [-0.1, -0.05) is 11.6 Å². The van der Waals surface area contributed by atoms with E-state index >= 15 is 0 Å². The lowest BCUT2D eigenvalue weighted by atomic mass is 9.71. The van der Waals surface area contributed by atoms with Crippen LogP contribution >= 0.6 is 11.6 Å². The average Bonchev–Trinajstić information content (AvgIpc) is 3.29. The van der Waals surface area contributed by atoms with Crippen LogP contribution in [0.4, 0.5) is 10.1 Å². The molecule has 1 aromatic heterocycles. The van der Waals surface area contributed by atoms with Crippen LogP contribution in [0.3, 0.4) is 0 Å². The van der Waals surface area contributed by atoms with Crippen LogP contribution in [-0.2, 0) is 4.79 Å². The van der Waals surface area contributed by atoms with Gasteiger partial charge >= 0.3 is 0 Å². The Hall–Kier alpha value is -2.98. The summed E-state index contributed by atoms with van der Waals surface area (Å²) in [6, 6.07) is 3.52. The Morgan fingerprint density at radius 3 is 2.62 bits per heavy atom. The highest BCUT2D eigenvalue weighted by atomic mass is 35.5. The van der Waals surface area contributed by atoms with Gasteiger partial charge in [-0.25, -0.2) is 9.37 Å². The van der Waals surface area contributed by atoms with E-state index in [9.17, 15) is 23.9 Å². The number of carbonyl (C=O) groups is 3. The Morgan fingerprint density at radius 2 is 2.03 bits per heavy atom. The number of aliphatic hydroxyl groups excluding tert-OH is 1. The number of hydrogen-bond acceptors (Lipinski definition) is 5. The summed E-state index contributed by atoms with van der Waals surface area (Å²) in [6.07, 6.45) is 2.55. The summed E-state index contributed by atoms with van der Waals surface area (Å²) >= 11 is 6.13. The molecule has 1 spiro atoms. The van der Waals surface area contributed by atoms with Crippen LogP contribution in [0.25, 0.3) is 0 Å². The van der Waals surface area contributed by atoms with Gasteiger partial charge in [0.2, 0.25) is 5.91 Å². The Morgan fingerprint density at radius 1 is 1.34 bits per heavy atom. The zero-order chi connectivity index (χ0) is 23.2. The third kappa shape index (κ3) is 3.53. The van der Waals surface area contributed by atoms with Gasteiger partial charge in [0.1, 0.15) is 17.7 Å². The van der Waals surface area contributed by atoms with Crippen LogP contribution in [0.2, 0.25) is 5.02 Å². The predicted octanol–water partition coefficient (Wildman–Crippen LogP) is 1.99. The Labute approximate surface area is 188 Å². The average molecular weight is 464 g/mol. The number of halogens is 2. The van der Waals surface area contributed by atoms with Crippen molar-refractivity contribution in [1.29, 1.82) is 0 Å². The Kier molecular flexibility index (Phi) is 5.68. The molecule has 32 heavy (non-hydrogen) atoms. The topological polar surface area (TPSA) is 131 Å². The molecule has 4 rings (SSSR count). The second kappa shape index (κ2) is 8.18. The minimum Gasteiger partial charge on any atom is -0.373 e. The zero-order valence-electron chi connectivity index (χ0n) is 17.3. The molecule has 1 aliphatic carbocycles. The van der Waals surface area contributed by atoms with Crippen LogP contribution < -0.4 is 16.0 Å². The SMILES string of the molecule is CNC(=O)c1c(C(N)=O)ncn1C1CCC2(CC1)C[C@H](O)N(c1ccc(F)cc1Cl)C2=O. The largest absolute Gasteiger partial charge is 0.373 e. The van der Waals surface area contributed by atoms with Crippen molar-refractivity contribution in [1.82, 2.24) is 14.9 Å². The first-order valence-corrected chi connectivity index (χ1v) is 10.6. The number of rotatable bonds is 4. The third-order valence-electron chi connectivity index (χ3n) is 6.49. The maximum absolute atomic E-state index is 13.4. The Balaban J connectivity index is 1.57. The number of primary amides is 1. The molecule has 1 saturated carbocycles. The second-order valence-corrected chi connectivity index (χ2v) is 8.67. The molecule has 0 unspecified atom stereocenters. The van der Waals surface area contributed by atoms with Crippen molar-refractivity contribution in [2.24, 2.45) is 11.1 Å². The molecule has 170 valence electrons. The first-order chi connectivity index (χ1) is 15.2. The number of nitrogens with two attached hydrogens (primary N) is 1. The van der Waals surface area contributed by atoms with E-state index in [-0.39, 0.29) is 40.5 Å². The van der Waals surface area contributed by atoms with Gasteiger partial charge in [0.25, 0.3) is 11.8 Å². The first-order valence-electron chi connectivity index (χ1n) is 10.2. The van der Waals surface area contributed by atoms with E-state index < -0.39 is 29.3 Å². The van der Waals surface area contributed by atoms with Gasteiger partial charge in [0, 0.05) is 19.5 Å². The van der Waals surface area contributed by atoms with Crippen LogP contribution in [0, 0.1) is 11.2 Å². The van der Waals surface area contributed by atoms with Crippen molar-refractivity contribution in [2.45, 2.75) is 44.4 Å². The minimum atomic E-state index is -1.07. The van der Waals surface area contributed by atoms with Gasteiger partial charge in [-0.05, 0) is 43.9 Å². The normalized spacial score (nSPS) is 25.4. The number of imidazole rings is 1. The fourth-order valence-electron chi connectivity index (χ4n) is 4.88. The van der Waals surface area contributed by atoms with E-state index in [1.54, 1.807) is 4.57 Å². The lowest BCUT2D eigenvalue weighted by Crippen LogP contribution is -2.39. The fraction of sp³-hybridized carbons (Fsp3) is 0.429. The van der Waals surface area contributed by atoms with Crippen molar-refractivity contribution >= 4 is 35.0 Å². The molecule has 1 aliphatic heterocycles. The van der Waals surface area contributed by atoms with Crippen LogP contribution in [0.15, 0.2) is 24.5 Å². The molecule has 1 saturated heterocycles. The number of benzene rings is 1. The molecular weight excluding hydrogens is 441 g/mol. The van der Waals surface area contributed by atoms with E-state index in [4.69, 9.17) is 17.3 Å². The first kappa shape index (κ1) is 22.2. The summed E-state index contributed by atoms with van der Waals surface area (Å²) in [5.74, 6) is -2.05. The van der Waals surface area contributed by atoms with Crippen molar-refractivity contribution in [3.8, 4) is 0 Å². The highest BCUT2D eigenvalue weighted by molar-refractivity contribution is 6.34. The molecule has 9 nitrogen and oxygen atoms in total. The monoisotopic (exact) mass is 463 g/mol. The van der Waals surface area contributed by atoms with Gasteiger partial charge in [-0.3, -0.25) is 19.3 Å². The van der Waals surface area contributed by atoms with Gasteiger partial charge in [0.05, 0.1) is 22.5 Å². The lowest BCUT2D eigenvalue weighted by molar-refractivity contribution is -0.127. The van der Waals surface area contributed by atoms with E-state index in [0.29, 0.717) is 25.7 Å². The van der Waals surface area contributed by atoms with Crippen molar-refractivity contribution in [3.63, 3.8) is 0 Å². The number of aromatic nitrogens is 2. The number of nitrogens with zero attached hydrogens (tertiary/aromatic N) is 3. The predicted molar refractivity (Wildman–Crippen MR) is 114 cm³/mol. The van der Waals surface area contributed by atoms with Crippen molar-refractivity contribution < 1.29 is 23.9 Å². The lowest BCUT2D eigenvalue weighted by Gasteiger charge is -2.36. The molecule has 2 fully saturated rings. The quantitative estimate of drug-likeness (QED) is 0.638. The molecule has 2 heterocycles. The molecule has 11 heteroatoms. The third-order valence-corrected chi connectivity index (χ3v) is 6.79. The smallest absolute Gasteiger partial charge is 0.270 e. The maximum atomic E-state index is 13.4. The highest BCUT2D eigenvalue weighted by Gasteiger charge is 2.53. The summed E-state index contributed by atoms with van der Waals surface area (Å²) in [6.45, 7) is 0. The molecule has 1 atom stereocenters. The van der Waals surface area contributed by atoms with Gasteiger partial charge in [-0.2, -0.15) is 0 Å². The molecule has 4 N–H and O–H groups in total. The standard InChI is InChI=1S/C21H23ClFN5O4/c1-25-19(31)17-16(18(24)30)26-10-27(17)12-4-6-21(7-5-12)9-15(29)28(20(21)32)14-3-2-11(23)8-13(14)22/h2-3,8,10,12,15,29H,4-7,9H2,1H3,(H2,24,30)(H,25,31)/t12?,15-,21?/m0/s1.